The summed E-state index contributed by atoms with van der Waals surface area (Å²) in [6, 6.07) is -1.83. The smallest absolute Gasteiger partial charge is 0.389 e. The molecule has 4 nitrogen and oxygen atoms in total. The molecule has 3 rings (SSSR count). The van der Waals surface area contributed by atoms with Crippen molar-refractivity contribution < 1.29 is 56.0 Å². The molecule has 1 saturated heterocycles. The maximum atomic E-state index is 13.2. The molecule has 0 N–H and O–H groups in total. The Morgan fingerprint density at radius 3 is 1.30 bits per heavy atom. The molecule has 3 aliphatic rings. The summed E-state index contributed by atoms with van der Waals surface area (Å²) in [6.45, 7) is 5.66. The third-order valence-corrected chi connectivity index (χ3v) is 25.7. The van der Waals surface area contributed by atoms with Gasteiger partial charge in [0, 0.05) is 19.3 Å². The summed E-state index contributed by atoms with van der Waals surface area (Å²) in [5.41, 5.74) is 1.07. The highest BCUT2D eigenvalue weighted by Crippen LogP contribution is 2.50. The molecule has 1 aliphatic heterocycles. The zero-order valence-corrected chi connectivity index (χ0v) is 25.2. The predicted molar refractivity (Wildman–Crippen MR) is 126 cm³/mol. The molecule has 0 spiro atoms. The van der Waals surface area contributed by atoms with Crippen LogP contribution in [-0.4, -0.2) is 52.8 Å². The van der Waals surface area contributed by atoms with E-state index < -0.39 is 90.2 Å². The molecule has 216 valence electrons. The van der Waals surface area contributed by atoms with Crippen LogP contribution < -0.4 is 0 Å². The van der Waals surface area contributed by atoms with Gasteiger partial charge in [-0.1, -0.05) is 5.57 Å². The first-order valence-corrected chi connectivity index (χ1v) is 22.1. The molecular formula is C20H33F9O4Si4. The van der Waals surface area contributed by atoms with Gasteiger partial charge < -0.3 is 16.5 Å². The Balaban J connectivity index is 2.04. The van der Waals surface area contributed by atoms with Crippen LogP contribution in [0.5, 0.6) is 0 Å². The SMILES string of the molecule is C[Si]1(CCC(F)(F)F)O[Si](C)(CCC(F)(F)F)O[Si](C)(C2=C3CCC(C3)C2)O[Si](C)(CCC(F)(F)F)O1. The predicted octanol–water partition coefficient (Wildman–Crippen LogP) is 8.25. The number of fused-ring (bicyclic) bond motifs is 2. The minimum absolute atomic E-state index is 0.325. The molecule has 0 amide bonds. The molecule has 0 aromatic carbocycles. The van der Waals surface area contributed by atoms with Gasteiger partial charge in [0.15, 0.2) is 0 Å². The molecule has 0 aromatic rings. The highest BCUT2D eigenvalue weighted by Gasteiger charge is 2.60. The molecule has 3 atom stereocenters. The highest BCUT2D eigenvalue weighted by molar-refractivity contribution is 6.95. The minimum Gasteiger partial charge on any atom is -0.416 e. The van der Waals surface area contributed by atoms with Gasteiger partial charge in [0.05, 0.1) is 0 Å². The van der Waals surface area contributed by atoms with Gasteiger partial charge in [-0.25, -0.2) is 0 Å². The Morgan fingerprint density at radius 1 is 0.622 bits per heavy atom. The topological polar surface area (TPSA) is 36.9 Å². The van der Waals surface area contributed by atoms with Gasteiger partial charge in [-0.15, -0.1) is 0 Å². The van der Waals surface area contributed by atoms with Gasteiger partial charge in [-0.3, -0.25) is 0 Å². The Kier molecular flexibility index (Phi) is 8.76. The molecule has 3 unspecified atom stereocenters. The van der Waals surface area contributed by atoms with E-state index >= 15 is 0 Å². The van der Waals surface area contributed by atoms with Gasteiger partial charge in [0.25, 0.3) is 0 Å². The van der Waals surface area contributed by atoms with Crippen molar-refractivity contribution in [3.05, 3.63) is 10.8 Å². The van der Waals surface area contributed by atoms with Gasteiger partial charge in [-0.2, -0.15) is 39.5 Å². The summed E-state index contributed by atoms with van der Waals surface area (Å²) in [5, 5.41) is 0.827. The number of halogens is 9. The first-order valence-electron chi connectivity index (χ1n) is 12.2. The second kappa shape index (κ2) is 10.3. The van der Waals surface area contributed by atoms with E-state index in [0.717, 1.165) is 30.0 Å². The van der Waals surface area contributed by atoms with Crippen LogP contribution in [0.4, 0.5) is 39.5 Å². The fraction of sp³-hybridized carbons (Fsp3) is 0.900. The lowest BCUT2D eigenvalue weighted by Crippen LogP contribution is -2.68. The van der Waals surface area contributed by atoms with Crippen molar-refractivity contribution in [2.75, 3.05) is 0 Å². The van der Waals surface area contributed by atoms with Crippen molar-refractivity contribution in [3.63, 3.8) is 0 Å². The third kappa shape index (κ3) is 8.91. The van der Waals surface area contributed by atoms with Crippen LogP contribution in [0.15, 0.2) is 10.8 Å². The highest BCUT2D eigenvalue weighted by atomic mass is 28.5. The lowest BCUT2D eigenvalue weighted by molar-refractivity contribution is -0.132. The van der Waals surface area contributed by atoms with E-state index in [4.69, 9.17) is 16.5 Å². The number of hydrogen-bond acceptors (Lipinski definition) is 4. The summed E-state index contributed by atoms with van der Waals surface area (Å²) < 4.78 is 144. The van der Waals surface area contributed by atoms with Crippen molar-refractivity contribution in [1.29, 1.82) is 0 Å². The number of alkyl halides is 9. The molecule has 17 heteroatoms. The van der Waals surface area contributed by atoms with Crippen molar-refractivity contribution in [1.82, 2.24) is 0 Å². The van der Waals surface area contributed by atoms with Crippen LogP contribution >= 0.6 is 0 Å². The quantitative estimate of drug-likeness (QED) is 0.212. The van der Waals surface area contributed by atoms with E-state index in [1.165, 1.54) is 19.6 Å². The van der Waals surface area contributed by atoms with E-state index in [0.29, 0.717) is 12.3 Å². The summed E-state index contributed by atoms with van der Waals surface area (Å²) in [6.07, 6.45) is -14.5. The van der Waals surface area contributed by atoms with Gasteiger partial charge in [-0.05, 0) is 81.1 Å². The summed E-state index contributed by atoms with van der Waals surface area (Å²) in [4.78, 5) is 0. The lowest BCUT2D eigenvalue weighted by atomic mass is 10.1. The monoisotopic (exact) mass is 620 g/mol. The third-order valence-electron chi connectivity index (χ3n) is 7.13. The molecule has 1 saturated carbocycles. The zero-order valence-electron chi connectivity index (χ0n) is 21.2. The second-order valence-corrected chi connectivity index (χ2v) is 25.1. The first-order chi connectivity index (χ1) is 16.5. The van der Waals surface area contributed by atoms with Gasteiger partial charge in [0.2, 0.25) is 0 Å². The number of rotatable bonds is 7. The van der Waals surface area contributed by atoms with Crippen LogP contribution in [0.2, 0.25) is 44.3 Å². The molecule has 0 radical (unpaired) electrons. The molecule has 37 heavy (non-hydrogen) atoms. The largest absolute Gasteiger partial charge is 0.416 e. The number of hydrogen-bond donors (Lipinski definition) is 0. The molecule has 0 aromatic heterocycles. The Hall–Kier alpha value is -0.182. The maximum Gasteiger partial charge on any atom is 0.389 e. The Bertz CT molecular complexity index is 843. The molecule has 2 aliphatic carbocycles. The fourth-order valence-electron chi connectivity index (χ4n) is 5.68. The van der Waals surface area contributed by atoms with Crippen LogP contribution in [0.3, 0.4) is 0 Å². The van der Waals surface area contributed by atoms with Gasteiger partial charge >= 0.3 is 52.8 Å². The second-order valence-electron chi connectivity index (χ2n) is 11.0. The number of allylic oxidation sites excluding steroid dienone is 2. The van der Waals surface area contributed by atoms with Gasteiger partial charge in [0.1, 0.15) is 0 Å². The van der Waals surface area contributed by atoms with E-state index in [-0.39, 0.29) is 0 Å². The van der Waals surface area contributed by atoms with E-state index in [1.807, 2.05) is 0 Å². The van der Waals surface area contributed by atoms with Crippen LogP contribution in [-0.2, 0) is 16.5 Å². The standard InChI is InChI=1S/C20H33F9O4Si4/c1-34(10-7-18(21,22)23)30-35(2,11-8-19(24,25)26)32-37(4,17-14-15-5-6-16(17)13-15)33-36(3,31-34)12-9-20(27,28)29/h15H,5-14H2,1-4H3. The van der Waals surface area contributed by atoms with E-state index in [1.54, 1.807) is 6.55 Å². The molecular weight excluding hydrogens is 588 g/mol. The summed E-state index contributed by atoms with van der Waals surface area (Å²) >= 11 is 0. The molecule has 2 bridgehead atoms. The maximum absolute atomic E-state index is 13.2. The van der Waals surface area contributed by atoms with Crippen molar-refractivity contribution in [2.24, 2.45) is 5.92 Å². The van der Waals surface area contributed by atoms with Crippen molar-refractivity contribution in [2.45, 2.75) is 108 Å². The Morgan fingerprint density at radius 2 is 1.00 bits per heavy atom. The van der Waals surface area contributed by atoms with E-state index in [2.05, 4.69) is 0 Å². The molecule has 1 heterocycles. The van der Waals surface area contributed by atoms with Crippen molar-refractivity contribution >= 4 is 34.2 Å². The average molecular weight is 621 g/mol. The fourth-order valence-corrected chi connectivity index (χ4v) is 28.9. The Labute approximate surface area is 214 Å². The van der Waals surface area contributed by atoms with Crippen LogP contribution in [0, 0.1) is 5.92 Å². The lowest BCUT2D eigenvalue weighted by Gasteiger charge is -2.51. The average Bonchev–Trinajstić information content (AvgIpc) is 3.31. The zero-order chi connectivity index (χ0) is 28.1. The van der Waals surface area contributed by atoms with E-state index in [9.17, 15) is 39.5 Å². The summed E-state index contributed by atoms with van der Waals surface area (Å²) in [7, 11) is -15.3. The van der Waals surface area contributed by atoms with Crippen LogP contribution in [0.1, 0.15) is 44.9 Å². The summed E-state index contributed by atoms with van der Waals surface area (Å²) in [5.74, 6) is 0.325. The molecule has 2 fully saturated rings. The van der Waals surface area contributed by atoms with Crippen molar-refractivity contribution in [3.8, 4) is 0 Å². The minimum atomic E-state index is -4.61. The first kappa shape index (κ1) is 31.3. The van der Waals surface area contributed by atoms with Crippen LogP contribution in [0.25, 0.3) is 0 Å². The normalized spacial score (nSPS) is 37.7.